The van der Waals surface area contributed by atoms with E-state index < -0.39 is 5.97 Å². The molecule has 1 aromatic carbocycles. The highest BCUT2D eigenvalue weighted by atomic mass is 35.5. The third-order valence-electron chi connectivity index (χ3n) is 3.05. The molecule has 0 aliphatic heterocycles. The van der Waals surface area contributed by atoms with E-state index in [1.807, 2.05) is 6.92 Å². The first kappa shape index (κ1) is 18.6. The zero-order valence-corrected chi connectivity index (χ0v) is 14.2. The fourth-order valence-corrected chi connectivity index (χ4v) is 2.30. The fraction of sp³-hybridized carbons (Fsp3) is 0.562. The van der Waals surface area contributed by atoms with Crippen LogP contribution in [0, 0.1) is 0 Å². The number of carbonyl (C=O) groups is 1. The van der Waals surface area contributed by atoms with Crippen molar-refractivity contribution in [1.29, 1.82) is 0 Å². The summed E-state index contributed by atoms with van der Waals surface area (Å²) in [6.07, 6.45) is 1.22. The Kier molecular flexibility index (Phi) is 8.06. The summed E-state index contributed by atoms with van der Waals surface area (Å²) >= 11 is 6.25. The van der Waals surface area contributed by atoms with Crippen LogP contribution in [0.3, 0.4) is 0 Å². The lowest BCUT2D eigenvalue weighted by molar-refractivity contribution is -0.858. The molecular formula is C16H24ClNO4. The lowest BCUT2D eigenvalue weighted by Crippen LogP contribution is -3.05. The normalized spacial score (nSPS) is 10.8. The van der Waals surface area contributed by atoms with Gasteiger partial charge in [0.05, 0.1) is 38.9 Å². The number of quaternary nitrogens is 1. The van der Waals surface area contributed by atoms with Gasteiger partial charge in [-0.2, -0.15) is 0 Å². The molecule has 0 spiro atoms. The molecule has 0 aliphatic rings. The van der Waals surface area contributed by atoms with Gasteiger partial charge in [0.1, 0.15) is 0 Å². The number of nitrogens with one attached hydrogen (secondary N) is 1. The maximum absolute atomic E-state index is 10.6. The average Bonchev–Trinajstić information content (AvgIpc) is 2.43. The first-order chi connectivity index (χ1) is 10.4. The molecule has 124 valence electrons. The summed E-state index contributed by atoms with van der Waals surface area (Å²) in [7, 11) is 4.18. The van der Waals surface area contributed by atoms with Crippen molar-refractivity contribution in [2.75, 3.05) is 33.9 Å². The molecule has 0 radical (unpaired) electrons. The molecule has 22 heavy (non-hydrogen) atoms. The highest BCUT2D eigenvalue weighted by molar-refractivity contribution is 6.32. The lowest BCUT2D eigenvalue weighted by atomic mass is 10.1. The predicted molar refractivity (Wildman–Crippen MR) is 83.7 cm³/mol. The number of hydrogen-bond donors (Lipinski definition) is 1. The molecule has 1 rings (SSSR count). The number of halogens is 1. The Morgan fingerprint density at radius 1 is 1.32 bits per heavy atom. The molecule has 1 aromatic rings. The SMILES string of the molecule is CCOc1cc(CCC(=O)[O-])cc(Cl)c1OCCC[NH+](C)C. The molecule has 0 atom stereocenters. The summed E-state index contributed by atoms with van der Waals surface area (Å²) in [5.41, 5.74) is 0.794. The van der Waals surface area contributed by atoms with Gasteiger partial charge in [-0.3, -0.25) is 0 Å². The standard InChI is InChI=1S/C16H24ClNO4/c1-4-21-14-11-12(6-7-15(19)20)10-13(17)16(14)22-9-5-8-18(2)3/h10-11H,4-9H2,1-3H3,(H,19,20). The minimum atomic E-state index is -1.08. The number of aliphatic carboxylic acids is 1. The fourth-order valence-electron chi connectivity index (χ4n) is 2.02. The maximum atomic E-state index is 10.6. The predicted octanol–water partition coefficient (Wildman–Crippen LogP) is 0.335. The topological polar surface area (TPSA) is 63.0 Å². The zero-order chi connectivity index (χ0) is 16.5. The van der Waals surface area contributed by atoms with Gasteiger partial charge < -0.3 is 24.3 Å². The zero-order valence-electron chi connectivity index (χ0n) is 13.4. The summed E-state index contributed by atoms with van der Waals surface area (Å²) in [5.74, 6) is -0.00406. The molecule has 0 saturated heterocycles. The van der Waals surface area contributed by atoms with Crippen molar-refractivity contribution in [3.05, 3.63) is 22.7 Å². The summed E-state index contributed by atoms with van der Waals surface area (Å²) in [6.45, 7) is 3.92. The van der Waals surface area contributed by atoms with Crippen LogP contribution in [0.1, 0.15) is 25.3 Å². The van der Waals surface area contributed by atoms with Crippen molar-refractivity contribution in [2.24, 2.45) is 0 Å². The number of carbonyl (C=O) groups excluding carboxylic acids is 1. The molecule has 5 nitrogen and oxygen atoms in total. The van der Waals surface area contributed by atoms with Crippen molar-refractivity contribution in [1.82, 2.24) is 0 Å². The van der Waals surface area contributed by atoms with Crippen LogP contribution in [0.4, 0.5) is 0 Å². The molecular weight excluding hydrogens is 306 g/mol. The molecule has 1 N–H and O–H groups in total. The molecule has 6 heteroatoms. The van der Waals surface area contributed by atoms with E-state index in [2.05, 4.69) is 14.1 Å². The average molecular weight is 330 g/mol. The van der Waals surface area contributed by atoms with Crippen molar-refractivity contribution >= 4 is 17.6 Å². The van der Waals surface area contributed by atoms with Gasteiger partial charge in [0.25, 0.3) is 0 Å². The molecule has 0 amide bonds. The summed E-state index contributed by atoms with van der Waals surface area (Å²) in [6, 6.07) is 3.50. The van der Waals surface area contributed by atoms with Crippen LogP contribution in [-0.2, 0) is 11.2 Å². The van der Waals surface area contributed by atoms with Gasteiger partial charge in [0, 0.05) is 12.4 Å². The molecule has 0 aliphatic carbocycles. The van der Waals surface area contributed by atoms with Crippen LogP contribution in [0.25, 0.3) is 0 Å². The first-order valence-electron chi connectivity index (χ1n) is 7.51. The van der Waals surface area contributed by atoms with E-state index in [9.17, 15) is 9.90 Å². The van der Waals surface area contributed by atoms with Crippen LogP contribution in [0.2, 0.25) is 5.02 Å². The molecule has 0 unspecified atom stereocenters. The van der Waals surface area contributed by atoms with Gasteiger partial charge in [-0.1, -0.05) is 11.6 Å². The molecule has 0 heterocycles. The molecule has 0 bridgehead atoms. The summed E-state index contributed by atoms with van der Waals surface area (Å²) in [5, 5.41) is 11.0. The minimum absolute atomic E-state index is 0.0479. The second-order valence-corrected chi connectivity index (χ2v) is 5.78. The van der Waals surface area contributed by atoms with Gasteiger partial charge >= 0.3 is 0 Å². The highest BCUT2D eigenvalue weighted by Crippen LogP contribution is 2.37. The third-order valence-corrected chi connectivity index (χ3v) is 3.34. The Bertz CT molecular complexity index is 491. The van der Waals surface area contributed by atoms with Crippen LogP contribution in [0.5, 0.6) is 11.5 Å². The van der Waals surface area contributed by atoms with E-state index in [1.165, 1.54) is 4.90 Å². The second-order valence-electron chi connectivity index (χ2n) is 5.37. The molecule has 0 saturated carbocycles. The van der Waals surface area contributed by atoms with Crippen LogP contribution in [0.15, 0.2) is 12.1 Å². The number of benzene rings is 1. The number of ether oxygens (including phenoxy) is 2. The largest absolute Gasteiger partial charge is 0.550 e. The molecule has 0 aromatic heterocycles. The quantitative estimate of drug-likeness (QED) is 0.629. The first-order valence-corrected chi connectivity index (χ1v) is 7.88. The van der Waals surface area contributed by atoms with Gasteiger partial charge in [0.2, 0.25) is 0 Å². The Labute approximate surface area is 136 Å². The number of carboxylic acids is 1. The van der Waals surface area contributed by atoms with E-state index in [0.717, 1.165) is 18.5 Å². The van der Waals surface area contributed by atoms with Gasteiger partial charge in [-0.25, -0.2) is 0 Å². The smallest absolute Gasteiger partial charge is 0.179 e. The Balaban J connectivity index is 2.79. The van der Waals surface area contributed by atoms with Crippen molar-refractivity contribution in [2.45, 2.75) is 26.2 Å². The highest BCUT2D eigenvalue weighted by Gasteiger charge is 2.13. The van der Waals surface area contributed by atoms with Crippen LogP contribution >= 0.6 is 11.6 Å². The van der Waals surface area contributed by atoms with E-state index in [4.69, 9.17) is 21.1 Å². The minimum Gasteiger partial charge on any atom is -0.550 e. The number of hydrogen-bond acceptors (Lipinski definition) is 4. The lowest BCUT2D eigenvalue weighted by Gasteiger charge is -2.16. The number of rotatable bonds is 10. The number of aryl methyl sites for hydroxylation is 1. The maximum Gasteiger partial charge on any atom is 0.179 e. The second kappa shape index (κ2) is 9.54. The monoisotopic (exact) mass is 329 g/mol. The van der Waals surface area contributed by atoms with E-state index in [1.54, 1.807) is 12.1 Å². The van der Waals surface area contributed by atoms with Gasteiger partial charge in [-0.05, 0) is 37.5 Å². The Hall–Kier alpha value is -1.46. The van der Waals surface area contributed by atoms with Crippen molar-refractivity contribution in [3.8, 4) is 11.5 Å². The molecule has 0 fully saturated rings. The van der Waals surface area contributed by atoms with Crippen molar-refractivity contribution < 1.29 is 24.3 Å². The Morgan fingerprint density at radius 3 is 2.64 bits per heavy atom. The van der Waals surface area contributed by atoms with E-state index in [-0.39, 0.29) is 6.42 Å². The van der Waals surface area contributed by atoms with E-state index in [0.29, 0.717) is 36.2 Å². The Morgan fingerprint density at radius 2 is 2.05 bits per heavy atom. The van der Waals surface area contributed by atoms with Gasteiger partial charge in [0.15, 0.2) is 11.5 Å². The summed E-state index contributed by atoms with van der Waals surface area (Å²) < 4.78 is 11.3. The van der Waals surface area contributed by atoms with Gasteiger partial charge in [-0.15, -0.1) is 0 Å². The van der Waals surface area contributed by atoms with Crippen LogP contribution in [-0.4, -0.2) is 39.8 Å². The summed E-state index contributed by atoms with van der Waals surface area (Å²) in [4.78, 5) is 11.9. The van der Waals surface area contributed by atoms with Crippen LogP contribution < -0.4 is 19.5 Å². The van der Waals surface area contributed by atoms with E-state index >= 15 is 0 Å². The third kappa shape index (κ3) is 6.54. The van der Waals surface area contributed by atoms with Crippen molar-refractivity contribution in [3.63, 3.8) is 0 Å². The number of carboxylic acid groups (broad SMARTS) is 1.